The first kappa shape index (κ1) is 13.7. The molecule has 1 aliphatic rings. The lowest BCUT2D eigenvalue weighted by Crippen LogP contribution is -2.31. The van der Waals surface area contributed by atoms with Crippen LogP contribution >= 0.6 is 22.6 Å². The normalized spacial score (nSPS) is 18.8. The van der Waals surface area contributed by atoms with Gasteiger partial charge in [-0.2, -0.15) is 0 Å². The van der Waals surface area contributed by atoms with Gasteiger partial charge in [-0.1, -0.05) is 0 Å². The third kappa shape index (κ3) is 2.67. The molecule has 0 aromatic heterocycles. The summed E-state index contributed by atoms with van der Waals surface area (Å²) >= 11 is 1.95. The molecule has 1 unspecified atom stereocenters. The van der Waals surface area contributed by atoms with Gasteiger partial charge in [-0.25, -0.2) is 0 Å². The van der Waals surface area contributed by atoms with E-state index in [9.17, 15) is 19.7 Å². The minimum absolute atomic E-state index is 0.0131. The Morgan fingerprint density at radius 2 is 2.16 bits per heavy atom. The van der Waals surface area contributed by atoms with Crippen molar-refractivity contribution in [3.63, 3.8) is 0 Å². The van der Waals surface area contributed by atoms with E-state index < -0.39 is 11.0 Å². The Balaban J connectivity index is 2.19. The maximum Gasteiger partial charge on any atom is 0.270 e. The number of benzene rings is 1. The third-order valence-corrected chi connectivity index (χ3v) is 3.77. The monoisotopic (exact) mass is 375 g/mol. The van der Waals surface area contributed by atoms with Gasteiger partial charge >= 0.3 is 0 Å². The van der Waals surface area contributed by atoms with Crippen LogP contribution in [-0.4, -0.2) is 34.7 Å². The van der Waals surface area contributed by atoms with Crippen molar-refractivity contribution in [2.45, 2.75) is 12.5 Å². The van der Waals surface area contributed by atoms with Crippen LogP contribution in [0.3, 0.4) is 0 Å². The number of anilines is 1. The highest BCUT2D eigenvalue weighted by Crippen LogP contribution is 2.26. The second-order valence-corrected chi connectivity index (χ2v) is 5.28. The van der Waals surface area contributed by atoms with E-state index in [1.807, 2.05) is 22.6 Å². The highest BCUT2D eigenvalue weighted by Gasteiger charge is 2.36. The number of carbonyl (C=O) groups is 2. The van der Waals surface area contributed by atoms with Crippen LogP contribution in [0.2, 0.25) is 0 Å². The molecule has 2 amide bonds. The van der Waals surface area contributed by atoms with Crippen LogP contribution in [0, 0.1) is 13.7 Å². The Morgan fingerprint density at radius 1 is 1.47 bits per heavy atom. The second-order valence-electron chi connectivity index (χ2n) is 4.11. The molecular formula is C11H10IN3O4. The van der Waals surface area contributed by atoms with Crippen LogP contribution in [0.5, 0.6) is 0 Å². The number of likely N-dealkylation sites (tertiary alicyclic amines) is 1. The number of non-ortho nitro benzene ring substituents is 1. The van der Waals surface area contributed by atoms with Crippen LogP contribution in [0.4, 0.5) is 11.4 Å². The molecule has 0 radical (unpaired) electrons. The van der Waals surface area contributed by atoms with Gasteiger partial charge in [0.25, 0.3) is 11.6 Å². The number of amides is 2. The van der Waals surface area contributed by atoms with Crippen LogP contribution in [0.1, 0.15) is 6.42 Å². The van der Waals surface area contributed by atoms with Gasteiger partial charge in [0.05, 0.1) is 11.3 Å². The number of hydrogen-bond donors (Lipinski definition) is 1. The molecule has 1 aromatic carbocycles. The Morgan fingerprint density at radius 3 is 2.63 bits per heavy atom. The molecule has 1 fully saturated rings. The van der Waals surface area contributed by atoms with Gasteiger partial charge in [0.1, 0.15) is 6.04 Å². The third-order valence-electron chi connectivity index (χ3n) is 2.87. The smallest absolute Gasteiger partial charge is 0.270 e. The van der Waals surface area contributed by atoms with E-state index in [1.54, 1.807) is 0 Å². The average Bonchev–Trinajstić information content (AvgIpc) is 2.59. The fraction of sp³-hybridized carbons (Fsp3) is 0.273. The summed E-state index contributed by atoms with van der Waals surface area (Å²) in [5.74, 6) is -0.529. The Labute approximate surface area is 122 Å². The van der Waals surface area contributed by atoms with Gasteiger partial charge in [-0.05, 0) is 28.7 Å². The maximum atomic E-state index is 11.7. The van der Waals surface area contributed by atoms with E-state index in [0.29, 0.717) is 9.26 Å². The van der Waals surface area contributed by atoms with Crippen molar-refractivity contribution < 1.29 is 14.5 Å². The van der Waals surface area contributed by atoms with E-state index in [4.69, 9.17) is 0 Å². The average molecular weight is 375 g/mol. The summed E-state index contributed by atoms with van der Waals surface area (Å²) in [7, 11) is 1.44. The lowest BCUT2D eigenvalue weighted by molar-refractivity contribution is -0.384. The molecule has 1 heterocycles. The largest absolute Gasteiger partial charge is 0.372 e. The maximum absolute atomic E-state index is 11.7. The molecule has 1 aromatic rings. The number of hydrogen-bond acceptors (Lipinski definition) is 5. The number of nitrogens with one attached hydrogen (secondary N) is 1. The molecule has 1 saturated heterocycles. The van der Waals surface area contributed by atoms with Crippen molar-refractivity contribution in [2.24, 2.45) is 0 Å². The summed E-state index contributed by atoms with van der Waals surface area (Å²) in [4.78, 5) is 34.3. The molecule has 1 aliphatic heterocycles. The number of nitrogens with zero attached hydrogens (tertiary/aromatic N) is 2. The van der Waals surface area contributed by atoms with Crippen molar-refractivity contribution in [3.8, 4) is 0 Å². The summed E-state index contributed by atoms with van der Waals surface area (Å²) in [6.07, 6.45) is 0.0996. The first-order chi connectivity index (χ1) is 8.90. The Bertz CT molecular complexity index is 575. The van der Waals surface area contributed by atoms with Crippen LogP contribution in [-0.2, 0) is 9.59 Å². The zero-order valence-corrected chi connectivity index (χ0v) is 12.1. The molecule has 1 N–H and O–H groups in total. The van der Waals surface area contributed by atoms with Gasteiger partial charge in [0, 0.05) is 28.4 Å². The van der Waals surface area contributed by atoms with Gasteiger partial charge in [-0.15, -0.1) is 0 Å². The molecule has 0 aliphatic carbocycles. The molecule has 8 heteroatoms. The van der Waals surface area contributed by atoms with Gasteiger partial charge in [0.2, 0.25) is 5.91 Å². The van der Waals surface area contributed by atoms with E-state index >= 15 is 0 Å². The van der Waals surface area contributed by atoms with Crippen molar-refractivity contribution in [1.82, 2.24) is 4.90 Å². The van der Waals surface area contributed by atoms with E-state index in [2.05, 4.69) is 5.32 Å². The standard InChI is InChI=1S/C11H10IN3O4/c1-14-10(16)5-9(11(14)17)13-8-3-2-6(15(18)19)4-7(8)12/h2-4,9,13H,5H2,1H3. The van der Waals surface area contributed by atoms with Crippen LogP contribution < -0.4 is 5.32 Å². The predicted octanol–water partition coefficient (Wildman–Crippen LogP) is 1.37. The predicted molar refractivity (Wildman–Crippen MR) is 75.6 cm³/mol. The van der Waals surface area contributed by atoms with Gasteiger partial charge in [-0.3, -0.25) is 24.6 Å². The number of likely N-dealkylation sites (N-methyl/N-ethyl adjacent to an activating group) is 1. The van der Waals surface area contributed by atoms with Crippen molar-refractivity contribution in [1.29, 1.82) is 0 Å². The van der Waals surface area contributed by atoms with E-state index in [1.165, 1.54) is 25.2 Å². The minimum atomic E-state index is -0.604. The minimum Gasteiger partial charge on any atom is -0.372 e. The first-order valence-corrected chi connectivity index (χ1v) is 6.49. The van der Waals surface area contributed by atoms with Crippen molar-refractivity contribution >= 4 is 45.8 Å². The highest BCUT2D eigenvalue weighted by atomic mass is 127. The van der Waals surface area contributed by atoms with Crippen molar-refractivity contribution in [3.05, 3.63) is 31.9 Å². The number of rotatable bonds is 3. The quantitative estimate of drug-likeness (QED) is 0.373. The molecule has 0 saturated carbocycles. The summed E-state index contributed by atoms with van der Waals surface area (Å²) in [5, 5.41) is 13.6. The second kappa shape index (κ2) is 5.11. The van der Waals surface area contributed by atoms with Crippen molar-refractivity contribution in [2.75, 3.05) is 12.4 Å². The van der Waals surface area contributed by atoms with Gasteiger partial charge < -0.3 is 5.32 Å². The lowest BCUT2D eigenvalue weighted by atomic mass is 10.2. The molecule has 100 valence electrons. The molecule has 0 bridgehead atoms. The molecule has 19 heavy (non-hydrogen) atoms. The number of carbonyl (C=O) groups excluding carboxylic acids is 2. The number of nitro benzene ring substituents is 1. The van der Waals surface area contributed by atoms with E-state index in [-0.39, 0.29) is 23.9 Å². The molecule has 2 rings (SSSR count). The summed E-state index contributed by atoms with van der Waals surface area (Å²) in [6.45, 7) is 0. The SMILES string of the molecule is CN1C(=O)CC(Nc2ccc([N+](=O)[O-])cc2I)C1=O. The van der Waals surface area contributed by atoms with Crippen LogP contribution in [0.25, 0.3) is 0 Å². The highest BCUT2D eigenvalue weighted by molar-refractivity contribution is 14.1. The Kier molecular flexibility index (Phi) is 3.69. The number of nitro groups is 1. The molecule has 1 atom stereocenters. The summed E-state index contributed by atoms with van der Waals surface area (Å²) in [5.41, 5.74) is 0.591. The first-order valence-electron chi connectivity index (χ1n) is 5.41. The lowest BCUT2D eigenvalue weighted by Gasteiger charge is -2.13. The van der Waals surface area contributed by atoms with Gasteiger partial charge in [0.15, 0.2) is 0 Å². The fourth-order valence-corrected chi connectivity index (χ4v) is 2.45. The topological polar surface area (TPSA) is 92.6 Å². The van der Waals surface area contributed by atoms with Crippen LogP contribution in [0.15, 0.2) is 18.2 Å². The zero-order valence-electron chi connectivity index (χ0n) is 9.92. The molecular weight excluding hydrogens is 365 g/mol. The molecule has 7 nitrogen and oxygen atoms in total. The number of imide groups is 1. The number of halogens is 1. The summed E-state index contributed by atoms with van der Waals surface area (Å²) in [6, 6.07) is 3.70. The molecule has 0 spiro atoms. The Hall–Kier alpha value is -1.71. The van der Waals surface area contributed by atoms with E-state index in [0.717, 1.165) is 4.90 Å². The summed E-state index contributed by atoms with van der Waals surface area (Å²) < 4.78 is 0.626. The fourth-order valence-electron chi connectivity index (χ4n) is 1.79. The zero-order chi connectivity index (χ0) is 14.2.